The Morgan fingerprint density at radius 3 is 2.70 bits per heavy atom. The molecule has 1 fully saturated rings. The van der Waals surface area contributed by atoms with Gasteiger partial charge in [-0.15, -0.1) is 0 Å². The molecule has 1 aromatic rings. The van der Waals surface area contributed by atoms with Gasteiger partial charge in [-0.1, -0.05) is 25.1 Å². The maximum Gasteiger partial charge on any atom is 0.191 e. The van der Waals surface area contributed by atoms with Gasteiger partial charge in [0.2, 0.25) is 0 Å². The molecule has 1 aliphatic rings. The molecule has 0 spiro atoms. The van der Waals surface area contributed by atoms with E-state index in [1.54, 1.807) is 13.1 Å². The van der Waals surface area contributed by atoms with Crippen LogP contribution in [0.2, 0.25) is 0 Å². The van der Waals surface area contributed by atoms with Crippen molar-refractivity contribution in [1.82, 2.24) is 15.5 Å². The number of rotatable bonds is 6. The number of piperidine rings is 1. The van der Waals surface area contributed by atoms with Crippen LogP contribution >= 0.6 is 0 Å². The van der Waals surface area contributed by atoms with E-state index in [0.717, 1.165) is 37.5 Å². The van der Waals surface area contributed by atoms with Crippen molar-refractivity contribution in [2.45, 2.75) is 38.6 Å². The summed E-state index contributed by atoms with van der Waals surface area (Å²) in [6.45, 7) is 6.40. The number of hydrogen-bond donors (Lipinski definition) is 2. The monoisotopic (exact) mass is 320 g/mol. The van der Waals surface area contributed by atoms with Gasteiger partial charge in [0.15, 0.2) is 5.96 Å². The molecule has 0 aliphatic carbocycles. The molecule has 0 radical (unpaired) electrons. The summed E-state index contributed by atoms with van der Waals surface area (Å²) < 4.78 is 13.6. The van der Waals surface area contributed by atoms with Gasteiger partial charge in [-0.2, -0.15) is 0 Å². The standard InChI is InChI=1S/C18H29FN4/c1-3-12-23-13-9-16(10-14-23)22-18(20-2)21-11-8-15-6-4-5-7-17(15)19/h4-7,16H,3,8-14H2,1-2H3,(H2,20,21,22). The topological polar surface area (TPSA) is 39.7 Å². The van der Waals surface area contributed by atoms with Crippen molar-refractivity contribution in [3.8, 4) is 0 Å². The molecule has 0 atom stereocenters. The smallest absolute Gasteiger partial charge is 0.191 e. The summed E-state index contributed by atoms with van der Waals surface area (Å²) in [5.74, 6) is 0.677. The average Bonchev–Trinajstić information content (AvgIpc) is 2.57. The van der Waals surface area contributed by atoms with Gasteiger partial charge in [-0.25, -0.2) is 4.39 Å². The van der Waals surface area contributed by atoms with Crippen molar-refractivity contribution in [3.63, 3.8) is 0 Å². The van der Waals surface area contributed by atoms with Gasteiger partial charge in [0.25, 0.3) is 0 Å². The molecule has 0 unspecified atom stereocenters. The molecule has 1 saturated heterocycles. The molecule has 0 amide bonds. The molecule has 0 aromatic heterocycles. The van der Waals surface area contributed by atoms with Crippen LogP contribution in [0.1, 0.15) is 31.7 Å². The van der Waals surface area contributed by atoms with Crippen LogP contribution in [0.3, 0.4) is 0 Å². The van der Waals surface area contributed by atoms with E-state index in [-0.39, 0.29) is 5.82 Å². The zero-order valence-corrected chi connectivity index (χ0v) is 14.3. The summed E-state index contributed by atoms with van der Waals surface area (Å²) in [5, 5.41) is 6.78. The number of nitrogens with zero attached hydrogens (tertiary/aromatic N) is 2. The Morgan fingerprint density at radius 2 is 2.04 bits per heavy atom. The Balaban J connectivity index is 1.71. The molecule has 23 heavy (non-hydrogen) atoms. The van der Waals surface area contributed by atoms with E-state index >= 15 is 0 Å². The summed E-state index contributed by atoms with van der Waals surface area (Å²) in [5.41, 5.74) is 0.739. The van der Waals surface area contributed by atoms with Crippen LogP contribution in [0.25, 0.3) is 0 Å². The fourth-order valence-electron chi connectivity index (χ4n) is 3.02. The highest BCUT2D eigenvalue weighted by atomic mass is 19.1. The highest BCUT2D eigenvalue weighted by Gasteiger charge is 2.19. The van der Waals surface area contributed by atoms with Crippen molar-refractivity contribution < 1.29 is 4.39 Å². The Kier molecular flexibility index (Phi) is 7.33. The lowest BCUT2D eigenvalue weighted by Crippen LogP contribution is -2.49. The number of nitrogens with one attached hydrogen (secondary N) is 2. The molecule has 1 heterocycles. The van der Waals surface area contributed by atoms with Crippen LogP contribution in [0.15, 0.2) is 29.3 Å². The second-order valence-corrected chi connectivity index (χ2v) is 6.10. The van der Waals surface area contributed by atoms with E-state index in [9.17, 15) is 4.39 Å². The van der Waals surface area contributed by atoms with Crippen molar-refractivity contribution in [2.24, 2.45) is 4.99 Å². The van der Waals surface area contributed by atoms with Crippen molar-refractivity contribution in [1.29, 1.82) is 0 Å². The molecular weight excluding hydrogens is 291 g/mol. The van der Waals surface area contributed by atoms with Gasteiger partial charge in [0.05, 0.1) is 0 Å². The minimum Gasteiger partial charge on any atom is -0.356 e. The molecular formula is C18H29FN4. The van der Waals surface area contributed by atoms with E-state index < -0.39 is 0 Å². The first-order valence-corrected chi connectivity index (χ1v) is 8.66. The highest BCUT2D eigenvalue weighted by molar-refractivity contribution is 5.79. The summed E-state index contributed by atoms with van der Waals surface area (Å²) in [7, 11) is 1.78. The third-order valence-electron chi connectivity index (χ3n) is 4.34. The number of halogens is 1. The van der Waals surface area contributed by atoms with Crippen LogP contribution < -0.4 is 10.6 Å². The SMILES string of the molecule is CCCN1CCC(NC(=NC)NCCc2ccccc2F)CC1. The molecule has 0 bridgehead atoms. The van der Waals surface area contributed by atoms with Crippen molar-refractivity contribution in [2.75, 3.05) is 33.2 Å². The Labute approximate surface area is 139 Å². The predicted octanol–water partition coefficient (Wildman–Crippen LogP) is 2.41. The first-order valence-electron chi connectivity index (χ1n) is 8.66. The lowest BCUT2D eigenvalue weighted by Gasteiger charge is -2.32. The van der Waals surface area contributed by atoms with E-state index in [4.69, 9.17) is 0 Å². The quantitative estimate of drug-likeness (QED) is 0.624. The lowest BCUT2D eigenvalue weighted by molar-refractivity contribution is 0.206. The molecule has 0 saturated carbocycles. The summed E-state index contributed by atoms with van der Waals surface area (Å²) in [6, 6.07) is 7.40. The normalized spacial score (nSPS) is 17.3. The first-order chi connectivity index (χ1) is 11.2. The van der Waals surface area contributed by atoms with Crippen LogP contribution in [-0.4, -0.2) is 50.1 Å². The number of hydrogen-bond acceptors (Lipinski definition) is 2. The van der Waals surface area contributed by atoms with Gasteiger partial charge >= 0.3 is 0 Å². The third kappa shape index (κ3) is 5.82. The van der Waals surface area contributed by atoms with Gasteiger partial charge in [-0.05, 0) is 43.9 Å². The zero-order chi connectivity index (χ0) is 16.5. The summed E-state index contributed by atoms with van der Waals surface area (Å²) in [6.07, 6.45) is 4.17. The predicted molar refractivity (Wildman–Crippen MR) is 94.4 cm³/mol. The van der Waals surface area contributed by atoms with Gasteiger partial charge in [0.1, 0.15) is 5.82 Å². The van der Waals surface area contributed by atoms with E-state index in [2.05, 4.69) is 27.4 Å². The maximum absolute atomic E-state index is 13.6. The summed E-state index contributed by atoms with van der Waals surface area (Å²) >= 11 is 0. The first kappa shape index (κ1) is 17.7. The molecule has 5 heteroatoms. The molecule has 4 nitrogen and oxygen atoms in total. The number of aliphatic imine (C=N–C) groups is 1. The van der Waals surface area contributed by atoms with Crippen LogP contribution in [-0.2, 0) is 6.42 Å². The van der Waals surface area contributed by atoms with E-state index in [1.165, 1.54) is 19.0 Å². The van der Waals surface area contributed by atoms with Crippen molar-refractivity contribution in [3.05, 3.63) is 35.6 Å². The van der Waals surface area contributed by atoms with Gasteiger partial charge in [0, 0.05) is 32.7 Å². The number of likely N-dealkylation sites (tertiary alicyclic amines) is 1. The Hall–Kier alpha value is -1.62. The highest BCUT2D eigenvalue weighted by Crippen LogP contribution is 2.10. The second kappa shape index (κ2) is 9.50. The van der Waals surface area contributed by atoms with Crippen LogP contribution in [0.5, 0.6) is 0 Å². The van der Waals surface area contributed by atoms with Crippen LogP contribution in [0.4, 0.5) is 4.39 Å². The van der Waals surface area contributed by atoms with E-state index in [1.807, 2.05) is 12.1 Å². The number of benzene rings is 1. The number of guanidine groups is 1. The molecule has 128 valence electrons. The van der Waals surface area contributed by atoms with Crippen LogP contribution in [0, 0.1) is 5.82 Å². The molecule has 2 N–H and O–H groups in total. The molecule has 1 aromatic carbocycles. The van der Waals surface area contributed by atoms with Gasteiger partial charge in [-0.3, -0.25) is 4.99 Å². The third-order valence-corrected chi connectivity index (χ3v) is 4.34. The fourth-order valence-corrected chi connectivity index (χ4v) is 3.02. The zero-order valence-electron chi connectivity index (χ0n) is 14.3. The molecule has 2 rings (SSSR count). The minimum absolute atomic E-state index is 0.138. The van der Waals surface area contributed by atoms with Gasteiger partial charge < -0.3 is 15.5 Å². The largest absolute Gasteiger partial charge is 0.356 e. The fraction of sp³-hybridized carbons (Fsp3) is 0.611. The Morgan fingerprint density at radius 1 is 1.30 bits per heavy atom. The van der Waals surface area contributed by atoms with Crippen molar-refractivity contribution >= 4 is 5.96 Å². The van der Waals surface area contributed by atoms with E-state index in [0.29, 0.717) is 19.0 Å². The second-order valence-electron chi connectivity index (χ2n) is 6.10. The maximum atomic E-state index is 13.6. The Bertz CT molecular complexity index is 496. The summed E-state index contributed by atoms with van der Waals surface area (Å²) in [4.78, 5) is 6.80. The minimum atomic E-state index is -0.138. The molecule has 1 aliphatic heterocycles. The average molecular weight is 320 g/mol. The lowest BCUT2D eigenvalue weighted by atomic mass is 10.1.